The van der Waals surface area contributed by atoms with Crippen LogP contribution in [0.5, 0.6) is 5.75 Å². The van der Waals surface area contributed by atoms with Gasteiger partial charge in [0.15, 0.2) is 0 Å². The van der Waals surface area contributed by atoms with Crippen LogP contribution in [0.25, 0.3) is 0 Å². The molecule has 0 heterocycles. The van der Waals surface area contributed by atoms with Crippen LogP contribution in [-0.4, -0.2) is 19.7 Å². The van der Waals surface area contributed by atoms with Crippen molar-refractivity contribution in [1.29, 1.82) is 0 Å². The van der Waals surface area contributed by atoms with Crippen LogP contribution in [0, 0.1) is 0 Å². The largest absolute Gasteiger partial charge is 0.496 e. The van der Waals surface area contributed by atoms with E-state index in [1.165, 1.54) is 16.7 Å². The van der Waals surface area contributed by atoms with Crippen molar-refractivity contribution in [3.8, 4) is 5.75 Å². The average molecular weight is 311 g/mol. The molecular formula is C21H29NO. The smallest absolute Gasteiger partial charge is 0.122 e. The molecule has 2 rings (SSSR count). The molecule has 0 amide bonds. The zero-order valence-corrected chi connectivity index (χ0v) is 14.8. The van der Waals surface area contributed by atoms with Crippen molar-refractivity contribution in [3.63, 3.8) is 0 Å². The van der Waals surface area contributed by atoms with Crippen molar-refractivity contribution in [2.45, 2.75) is 45.6 Å². The van der Waals surface area contributed by atoms with Gasteiger partial charge in [-0.2, -0.15) is 0 Å². The standard InChI is InChI=1S/C21H29NO/c1-5-17-11-12-21(23-4)20(15-17)19(13-14-22-16(2)3)18-9-7-6-8-10-18/h6-12,15-16,19,22H,5,13-14H2,1-4H3/t19-/m1/s1. The molecule has 2 nitrogen and oxygen atoms in total. The van der Waals surface area contributed by atoms with Gasteiger partial charge in [-0.15, -0.1) is 0 Å². The summed E-state index contributed by atoms with van der Waals surface area (Å²) in [6, 6.07) is 17.9. The molecule has 0 aliphatic heterocycles. The third-order valence-corrected chi connectivity index (χ3v) is 4.27. The molecular weight excluding hydrogens is 282 g/mol. The summed E-state index contributed by atoms with van der Waals surface area (Å²) in [5.74, 6) is 1.34. The van der Waals surface area contributed by atoms with E-state index in [-0.39, 0.29) is 0 Å². The molecule has 0 saturated heterocycles. The summed E-state index contributed by atoms with van der Waals surface area (Å²) < 4.78 is 5.65. The fraction of sp³-hybridized carbons (Fsp3) is 0.429. The van der Waals surface area contributed by atoms with Crippen molar-refractivity contribution in [2.24, 2.45) is 0 Å². The highest BCUT2D eigenvalue weighted by molar-refractivity contribution is 5.44. The number of hydrogen-bond acceptors (Lipinski definition) is 2. The van der Waals surface area contributed by atoms with E-state index >= 15 is 0 Å². The molecule has 2 aromatic rings. The average Bonchev–Trinajstić information content (AvgIpc) is 2.58. The van der Waals surface area contributed by atoms with Gasteiger partial charge in [0.05, 0.1) is 7.11 Å². The van der Waals surface area contributed by atoms with Gasteiger partial charge in [0.2, 0.25) is 0 Å². The molecule has 0 spiro atoms. The van der Waals surface area contributed by atoms with Crippen LogP contribution in [0.15, 0.2) is 48.5 Å². The molecule has 23 heavy (non-hydrogen) atoms. The summed E-state index contributed by atoms with van der Waals surface area (Å²) in [7, 11) is 1.76. The minimum atomic E-state index is 0.351. The Morgan fingerprint density at radius 3 is 2.39 bits per heavy atom. The molecule has 0 bridgehead atoms. The molecule has 0 fully saturated rings. The van der Waals surface area contributed by atoms with Crippen molar-refractivity contribution in [2.75, 3.05) is 13.7 Å². The predicted octanol–water partition coefficient (Wildman–Crippen LogP) is 4.78. The lowest BCUT2D eigenvalue weighted by molar-refractivity contribution is 0.405. The lowest BCUT2D eigenvalue weighted by Crippen LogP contribution is -2.25. The molecule has 2 heteroatoms. The van der Waals surface area contributed by atoms with Gasteiger partial charge in [0.1, 0.15) is 5.75 Å². The van der Waals surface area contributed by atoms with Crippen LogP contribution in [0.4, 0.5) is 0 Å². The van der Waals surface area contributed by atoms with E-state index in [9.17, 15) is 0 Å². The van der Waals surface area contributed by atoms with Gasteiger partial charge >= 0.3 is 0 Å². The summed E-state index contributed by atoms with van der Waals surface area (Å²) in [6.45, 7) is 7.58. The lowest BCUT2D eigenvalue weighted by Gasteiger charge is -2.22. The maximum absolute atomic E-state index is 5.65. The molecule has 0 unspecified atom stereocenters. The summed E-state index contributed by atoms with van der Waals surface area (Å²) in [5.41, 5.74) is 4.01. The monoisotopic (exact) mass is 311 g/mol. The SMILES string of the molecule is CCc1ccc(OC)c([C@H](CCNC(C)C)c2ccccc2)c1. The van der Waals surface area contributed by atoms with Gasteiger partial charge in [-0.3, -0.25) is 0 Å². The van der Waals surface area contributed by atoms with Crippen LogP contribution < -0.4 is 10.1 Å². The Morgan fingerprint density at radius 1 is 1.04 bits per heavy atom. The van der Waals surface area contributed by atoms with Crippen LogP contribution in [0.3, 0.4) is 0 Å². The highest BCUT2D eigenvalue weighted by atomic mass is 16.5. The molecule has 1 atom stereocenters. The number of aryl methyl sites for hydroxylation is 1. The number of hydrogen-bond donors (Lipinski definition) is 1. The third kappa shape index (κ3) is 4.84. The fourth-order valence-corrected chi connectivity index (χ4v) is 2.98. The lowest BCUT2D eigenvalue weighted by atomic mass is 9.86. The molecule has 2 aromatic carbocycles. The molecule has 1 N–H and O–H groups in total. The van der Waals surface area contributed by atoms with E-state index in [1.54, 1.807) is 7.11 Å². The van der Waals surface area contributed by atoms with E-state index in [1.807, 2.05) is 0 Å². The fourth-order valence-electron chi connectivity index (χ4n) is 2.98. The van der Waals surface area contributed by atoms with Gasteiger partial charge in [-0.05, 0) is 36.6 Å². The molecule has 0 aliphatic carbocycles. The van der Waals surface area contributed by atoms with Crippen molar-refractivity contribution in [1.82, 2.24) is 5.32 Å². The highest BCUT2D eigenvalue weighted by Crippen LogP contribution is 2.35. The Balaban J connectivity index is 2.36. The predicted molar refractivity (Wildman–Crippen MR) is 98.4 cm³/mol. The van der Waals surface area contributed by atoms with Gasteiger partial charge < -0.3 is 10.1 Å². The second-order valence-electron chi connectivity index (χ2n) is 6.29. The number of methoxy groups -OCH3 is 1. The third-order valence-electron chi connectivity index (χ3n) is 4.27. The topological polar surface area (TPSA) is 21.3 Å². The number of nitrogens with one attached hydrogen (secondary N) is 1. The maximum Gasteiger partial charge on any atom is 0.122 e. The Kier molecular flexibility index (Phi) is 6.66. The minimum Gasteiger partial charge on any atom is -0.496 e. The first-order valence-electron chi connectivity index (χ1n) is 8.60. The van der Waals surface area contributed by atoms with Gasteiger partial charge in [-0.1, -0.05) is 63.2 Å². The molecule has 0 saturated carbocycles. The number of ether oxygens (including phenoxy) is 1. The zero-order chi connectivity index (χ0) is 16.7. The summed E-state index contributed by atoms with van der Waals surface area (Å²) in [6.07, 6.45) is 2.11. The summed E-state index contributed by atoms with van der Waals surface area (Å²) >= 11 is 0. The quantitative estimate of drug-likeness (QED) is 0.757. The Morgan fingerprint density at radius 2 is 1.78 bits per heavy atom. The second-order valence-corrected chi connectivity index (χ2v) is 6.29. The first-order valence-corrected chi connectivity index (χ1v) is 8.60. The number of rotatable bonds is 8. The van der Waals surface area contributed by atoms with Crippen LogP contribution in [0.1, 0.15) is 49.8 Å². The van der Waals surface area contributed by atoms with Crippen molar-refractivity contribution in [3.05, 3.63) is 65.2 Å². The van der Waals surface area contributed by atoms with E-state index in [0.717, 1.165) is 25.1 Å². The Bertz CT molecular complexity index is 592. The minimum absolute atomic E-state index is 0.351. The Hall–Kier alpha value is -1.80. The van der Waals surface area contributed by atoms with Gasteiger partial charge in [-0.25, -0.2) is 0 Å². The zero-order valence-electron chi connectivity index (χ0n) is 14.8. The highest BCUT2D eigenvalue weighted by Gasteiger charge is 2.18. The Labute approximate surface area is 140 Å². The van der Waals surface area contributed by atoms with E-state index in [2.05, 4.69) is 74.6 Å². The first kappa shape index (κ1) is 17.6. The molecule has 0 radical (unpaired) electrons. The van der Waals surface area contributed by atoms with Crippen LogP contribution in [-0.2, 0) is 6.42 Å². The van der Waals surface area contributed by atoms with Gasteiger partial charge in [0, 0.05) is 17.5 Å². The van der Waals surface area contributed by atoms with E-state index in [4.69, 9.17) is 4.74 Å². The second kappa shape index (κ2) is 8.73. The van der Waals surface area contributed by atoms with Crippen LogP contribution in [0.2, 0.25) is 0 Å². The molecule has 0 aliphatic rings. The van der Waals surface area contributed by atoms with Crippen LogP contribution >= 0.6 is 0 Å². The van der Waals surface area contributed by atoms with Crippen molar-refractivity contribution >= 4 is 0 Å². The van der Waals surface area contributed by atoms with E-state index < -0.39 is 0 Å². The van der Waals surface area contributed by atoms with Crippen molar-refractivity contribution < 1.29 is 4.74 Å². The summed E-state index contributed by atoms with van der Waals surface area (Å²) in [5, 5.41) is 3.54. The van der Waals surface area contributed by atoms with E-state index in [0.29, 0.717) is 12.0 Å². The first-order chi connectivity index (χ1) is 11.2. The molecule has 0 aromatic heterocycles. The normalized spacial score (nSPS) is 12.4. The molecule has 124 valence electrons. The van der Waals surface area contributed by atoms with Gasteiger partial charge in [0.25, 0.3) is 0 Å². The maximum atomic E-state index is 5.65. The summed E-state index contributed by atoms with van der Waals surface area (Å²) in [4.78, 5) is 0. The number of benzene rings is 2.